The molecule has 3 aromatic carbocycles. The molecule has 0 radical (unpaired) electrons. The summed E-state index contributed by atoms with van der Waals surface area (Å²) in [6.45, 7) is 2.16. The lowest BCUT2D eigenvalue weighted by Crippen LogP contribution is -2.37. The van der Waals surface area contributed by atoms with Crippen LogP contribution in [0, 0.1) is 12.7 Å². The molecule has 1 saturated heterocycles. The zero-order valence-corrected chi connectivity index (χ0v) is 17.5. The fourth-order valence-corrected chi connectivity index (χ4v) is 3.64. The lowest BCUT2D eigenvalue weighted by atomic mass is 10.1. The van der Waals surface area contributed by atoms with E-state index >= 15 is 0 Å². The highest BCUT2D eigenvalue weighted by Crippen LogP contribution is 2.28. The molecule has 0 bridgehead atoms. The van der Waals surface area contributed by atoms with Gasteiger partial charge >= 0.3 is 6.03 Å². The van der Waals surface area contributed by atoms with Crippen LogP contribution in [0.15, 0.2) is 78.9 Å². The Morgan fingerprint density at radius 2 is 1.59 bits per heavy atom. The second-order valence-corrected chi connectivity index (χ2v) is 7.68. The van der Waals surface area contributed by atoms with Crippen molar-refractivity contribution < 1.29 is 18.8 Å². The van der Waals surface area contributed by atoms with Gasteiger partial charge in [-0.3, -0.25) is 9.59 Å². The van der Waals surface area contributed by atoms with Crippen molar-refractivity contribution in [3.05, 3.63) is 95.8 Å². The number of hydrogen-bond acceptors (Lipinski definition) is 3. The maximum absolute atomic E-state index is 13.2. The van der Waals surface area contributed by atoms with Crippen LogP contribution in [0.25, 0.3) is 0 Å². The van der Waals surface area contributed by atoms with Crippen LogP contribution >= 0.6 is 0 Å². The molecule has 6 nitrogen and oxygen atoms in total. The lowest BCUT2D eigenvalue weighted by molar-refractivity contribution is -0.124. The minimum absolute atomic E-state index is 0.197. The predicted molar refractivity (Wildman–Crippen MR) is 119 cm³/mol. The molecule has 1 heterocycles. The van der Waals surface area contributed by atoms with Crippen LogP contribution in [0.3, 0.4) is 0 Å². The molecule has 7 heteroatoms. The summed E-state index contributed by atoms with van der Waals surface area (Å²) in [6.07, 6.45) is -0.211. The third-order valence-corrected chi connectivity index (χ3v) is 5.31. The average Bonchev–Trinajstić information content (AvgIpc) is 3.01. The fraction of sp³-hybridized carbons (Fsp3) is 0.160. The first-order chi connectivity index (χ1) is 15.4. The molecule has 0 aliphatic carbocycles. The predicted octanol–water partition coefficient (Wildman–Crippen LogP) is 4.50. The van der Waals surface area contributed by atoms with Gasteiger partial charge in [-0.2, -0.15) is 0 Å². The third kappa shape index (κ3) is 4.51. The van der Waals surface area contributed by atoms with Crippen molar-refractivity contribution in [3.63, 3.8) is 0 Å². The first kappa shape index (κ1) is 21.2. The molecule has 1 N–H and O–H groups in total. The number of nitrogens with one attached hydrogen (secondary N) is 1. The van der Waals surface area contributed by atoms with Crippen molar-refractivity contribution in [3.8, 4) is 0 Å². The molecule has 1 fully saturated rings. The van der Waals surface area contributed by atoms with Gasteiger partial charge in [-0.15, -0.1) is 0 Å². The number of hydrogen-bond donors (Lipinski definition) is 1. The smallest absolute Gasteiger partial charge is 0.326 e. The monoisotopic (exact) mass is 431 g/mol. The number of para-hydroxylation sites is 1. The zero-order valence-electron chi connectivity index (χ0n) is 17.5. The van der Waals surface area contributed by atoms with E-state index in [2.05, 4.69) is 5.32 Å². The van der Waals surface area contributed by atoms with Crippen LogP contribution in [0.5, 0.6) is 0 Å². The quantitative estimate of drug-likeness (QED) is 0.584. The molecule has 0 saturated carbocycles. The molecule has 1 aliphatic rings. The summed E-state index contributed by atoms with van der Waals surface area (Å²) in [6, 6.07) is 20.2. The molecule has 162 valence electrons. The summed E-state index contributed by atoms with van der Waals surface area (Å²) < 4.78 is 13.1. The van der Waals surface area contributed by atoms with E-state index in [0.717, 1.165) is 16.0 Å². The molecule has 3 aromatic rings. The minimum atomic E-state index is -0.954. The summed E-state index contributed by atoms with van der Waals surface area (Å²) in [7, 11) is 0. The van der Waals surface area contributed by atoms with E-state index in [9.17, 15) is 18.8 Å². The number of halogens is 1. The molecular formula is C25H22FN3O3. The van der Waals surface area contributed by atoms with E-state index in [1.807, 2.05) is 31.2 Å². The number of carbonyl (C=O) groups is 3. The van der Waals surface area contributed by atoms with Crippen LogP contribution in [-0.2, 0) is 16.1 Å². The van der Waals surface area contributed by atoms with Crippen molar-refractivity contribution in [2.45, 2.75) is 25.9 Å². The van der Waals surface area contributed by atoms with Gasteiger partial charge in [-0.1, -0.05) is 48.0 Å². The number of imide groups is 1. The van der Waals surface area contributed by atoms with Gasteiger partial charge in [0, 0.05) is 12.2 Å². The standard InChI is InChI=1S/C25H22FN3O3/c1-17-7-9-18(10-8-17)16-28-22(15-23(30)27-20-13-11-19(26)12-14-20)24(31)29(25(28)32)21-5-3-2-4-6-21/h2-14,22H,15-16H2,1H3,(H,27,30)/t22-/m0/s1. The van der Waals surface area contributed by atoms with Gasteiger partial charge in [0.05, 0.1) is 12.1 Å². The van der Waals surface area contributed by atoms with Gasteiger partial charge in [0.25, 0.3) is 5.91 Å². The van der Waals surface area contributed by atoms with E-state index in [-0.39, 0.29) is 13.0 Å². The number of amides is 4. The molecule has 0 unspecified atom stereocenters. The Hall–Kier alpha value is -4.00. The maximum atomic E-state index is 13.2. The number of rotatable bonds is 6. The Kier molecular flexibility index (Phi) is 5.98. The molecule has 4 rings (SSSR count). The highest BCUT2D eigenvalue weighted by atomic mass is 19.1. The molecule has 32 heavy (non-hydrogen) atoms. The highest BCUT2D eigenvalue weighted by molar-refractivity contribution is 6.22. The first-order valence-corrected chi connectivity index (χ1v) is 10.2. The summed E-state index contributed by atoms with van der Waals surface area (Å²) in [5.74, 6) is -1.31. The largest absolute Gasteiger partial charge is 0.332 e. The van der Waals surface area contributed by atoms with Crippen LogP contribution in [0.1, 0.15) is 17.5 Å². The van der Waals surface area contributed by atoms with E-state index in [4.69, 9.17) is 0 Å². The zero-order chi connectivity index (χ0) is 22.7. The second-order valence-electron chi connectivity index (χ2n) is 7.68. The molecular weight excluding hydrogens is 409 g/mol. The molecule has 0 spiro atoms. The number of carbonyl (C=O) groups excluding carboxylic acids is 3. The summed E-state index contributed by atoms with van der Waals surface area (Å²) in [5.41, 5.74) is 2.81. The normalized spacial score (nSPS) is 15.9. The van der Waals surface area contributed by atoms with E-state index in [1.54, 1.807) is 30.3 Å². The number of aryl methyl sites for hydroxylation is 1. The Morgan fingerprint density at radius 3 is 2.25 bits per heavy atom. The second kappa shape index (κ2) is 9.01. The van der Waals surface area contributed by atoms with Gasteiger partial charge in [-0.05, 0) is 48.9 Å². The first-order valence-electron chi connectivity index (χ1n) is 10.2. The molecule has 0 aromatic heterocycles. The van der Waals surface area contributed by atoms with Crippen molar-refractivity contribution in [1.82, 2.24) is 4.90 Å². The maximum Gasteiger partial charge on any atom is 0.332 e. The minimum Gasteiger partial charge on any atom is -0.326 e. The van der Waals surface area contributed by atoms with Crippen molar-refractivity contribution in [2.24, 2.45) is 0 Å². The van der Waals surface area contributed by atoms with E-state index in [1.165, 1.54) is 29.2 Å². The average molecular weight is 431 g/mol. The molecule has 1 aliphatic heterocycles. The Bertz CT molecular complexity index is 1130. The topological polar surface area (TPSA) is 69.7 Å². The van der Waals surface area contributed by atoms with E-state index < -0.39 is 29.7 Å². The summed E-state index contributed by atoms with van der Waals surface area (Å²) >= 11 is 0. The van der Waals surface area contributed by atoms with Crippen LogP contribution < -0.4 is 10.2 Å². The van der Waals surface area contributed by atoms with Crippen molar-refractivity contribution in [1.29, 1.82) is 0 Å². The van der Waals surface area contributed by atoms with Crippen molar-refractivity contribution in [2.75, 3.05) is 10.2 Å². The molecule has 1 atom stereocenters. The summed E-state index contributed by atoms with van der Waals surface area (Å²) in [5, 5.41) is 2.66. The van der Waals surface area contributed by atoms with Gasteiger partial charge in [0.15, 0.2) is 0 Å². The SMILES string of the molecule is Cc1ccc(CN2C(=O)N(c3ccccc3)C(=O)[C@@H]2CC(=O)Nc2ccc(F)cc2)cc1. The Labute approximate surface area is 185 Å². The van der Waals surface area contributed by atoms with Crippen molar-refractivity contribution >= 4 is 29.2 Å². The number of anilines is 2. The number of benzene rings is 3. The van der Waals surface area contributed by atoms with Gasteiger partial charge in [0.1, 0.15) is 11.9 Å². The van der Waals surface area contributed by atoms with Crippen LogP contribution in [0.4, 0.5) is 20.6 Å². The Balaban J connectivity index is 1.58. The summed E-state index contributed by atoms with van der Waals surface area (Å²) in [4.78, 5) is 41.7. The third-order valence-electron chi connectivity index (χ3n) is 5.31. The van der Waals surface area contributed by atoms with Gasteiger partial charge in [-0.25, -0.2) is 14.1 Å². The van der Waals surface area contributed by atoms with Gasteiger partial charge < -0.3 is 10.2 Å². The van der Waals surface area contributed by atoms with E-state index in [0.29, 0.717) is 11.4 Å². The fourth-order valence-electron chi connectivity index (χ4n) is 3.64. The van der Waals surface area contributed by atoms with Crippen LogP contribution in [0.2, 0.25) is 0 Å². The van der Waals surface area contributed by atoms with Crippen LogP contribution in [-0.4, -0.2) is 28.8 Å². The number of urea groups is 1. The molecule has 4 amide bonds. The van der Waals surface area contributed by atoms with Gasteiger partial charge in [0.2, 0.25) is 5.91 Å². The highest BCUT2D eigenvalue weighted by Gasteiger charge is 2.46. The number of nitrogens with zero attached hydrogens (tertiary/aromatic N) is 2. The lowest BCUT2D eigenvalue weighted by Gasteiger charge is -2.22. The Morgan fingerprint density at radius 1 is 0.938 bits per heavy atom.